The molecule has 0 saturated carbocycles. The highest BCUT2D eigenvalue weighted by Crippen LogP contribution is 2.09. The Morgan fingerprint density at radius 3 is 2.04 bits per heavy atom. The van der Waals surface area contributed by atoms with Crippen molar-refractivity contribution >= 4 is 17.8 Å². The number of aromatic carboxylic acids is 1. The summed E-state index contributed by atoms with van der Waals surface area (Å²) >= 11 is 0. The van der Waals surface area contributed by atoms with E-state index in [0.717, 1.165) is 18.2 Å². The van der Waals surface area contributed by atoms with Crippen molar-refractivity contribution in [3.05, 3.63) is 70.8 Å². The number of benzene rings is 2. The molecule has 0 bridgehead atoms. The number of carbonyl (C=O) groups excluding carboxylic acids is 2. The third kappa shape index (κ3) is 4.60. The Hall–Kier alpha value is -3.29. The second-order valence-electron chi connectivity index (χ2n) is 4.99. The Morgan fingerprint density at radius 1 is 0.840 bits per heavy atom. The molecule has 0 aliphatic heterocycles. The lowest BCUT2D eigenvalue weighted by Gasteiger charge is -2.09. The lowest BCUT2D eigenvalue weighted by Crippen LogP contribution is -2.35. The van der Waals surface area contributed by atoms with Gasteiger partial charge in [0.15, 0.2) is 11.6 Å². The first-order chi connectivity index (χ1) is 11.9. The molecule has 0 aromatic heterocycles. The number of hydrogen-bond acceptors (Lipinski definition) is 3. The number of amides is 2. The van der Waals surface area contributed by atoms with Gasteiger partial charge < -0.3 is 15.7 Å². The maximum absolute atomic E-state index is 13.1. The monoisotopic (exact) mass is 348 g/mol. The fraction of sp³-hybridized carbons (Fsp3) is 0.118. The SMILES string of the molecule is O=C(NCCNC(=O)c1ccccc1C(=O)O)c1ccc(F)c(F)c1. The van der Waals surface area contributed by atoms with Crippen LogP contribution in [-0.2, 0) is 0 Å². The van der Waals surface area contributed by atoms with E-state index in [1.807, 2.05) is 0 Å². The summed E-state index contributed by atoms with van der Waals surface area (Å²) < 4.78 is 25.9. The summed E-state index contributed by atoms with van der Waals surface area (Å²) in [6, 6.07) is 8.46. The summed E-state index contributed by atoms with van der Waals surface area (Å²) in [7, 11) is 0. The zero-order valence-electron chi connectivity index (χ0n) is 12.9. The van der Waals surface area contributed by atoms with Crippen molar-refractivity contribution in [3.63, 3.8) is 0 Å². The summed E-state index contributed by atoms with van der Waals surface area (Å²) in [4.78, 5) is 34.8. The van der Waals surface area contributed by atoms with Gasteiger partial charge in [-0.25, -0.2) is 13.6 Å². The standard InChI is InChI=1S/C17H14F2N2O4/c18-13-6-5-10(9-14(13)19)15(22)20-7-8-21-16(23)11-3-1-2-4-12(11)17(24)25/h1-6,9H,7-8H2,(H,20,22)(H,21,23)(H,24,25). The molecule has 0 fully saturated rings. The van der Waals surface area contributed by atoms with Gasteiger partial charge >= 0.3 is 5.97 Å². The minimum atomic E-state index is -1.22. The molecule has 2 rings (SSSR count). The largest absolute Gasteiger partial charge is 0.478 e. The van der Waals surface area contributed by atoms with Gasteiger partial charge in [-0.1, -0.05) is 12.1 Å². The van der Waals surface area contributed by atoms with Gasteiger partial charge in [-0.3, -0.25) is 9.59 Å². The van der Waals surface area contributed by atoms with Gasteiger partial charge in [-0.2, -0.15) is 0 Å². The van der Waals surface area contributed by atoms with Crippen LogP contribution >= 0.6 is 0 Å². The van der Waals surface area contributed by atoms with E-state index >= 15 is 0 Å². The van der Waals surface area contributed by atoms with Gasteiger partial charge in [-0.15, -0.1) is 0 Å². The summed E-state index contributed by atoms with van der Waals surface area (Å²) in [5.41, 5.74) is -0.186. The average Bonchev–Trinajstić information content (AvgIpc) is 2.60. The summed E-state index contributed by atoms with van der Waals surface area (Å²) in [6.07, 6.45) is 0. The van der Waals surface area contributed by atoms with Crippen molar-refractivity contribution in [3.8, 4) is 0 Å². The van der Waals surface area contributed by atoms with Crippen LogP contribution in [-0.4, -0.2) is 36.0 Å². The minimum absolute atomic E-state index is 0.00179. The van der Waals surface area contributed by atoms with Crippen LogP contribution in [0.3, 0.4) is 0 Å². The van der Waals surface area contributed by atoms with Gasteiger partial charge in [0.2, 0.25) is 0 Å². The number of nitrogens with one attached hydrogen (secondary N) is 2. The van der Waals surface area contributed by atoms with E-state index in [4.69, 9.17) is 5.11 Å². The van der Waals surface area contributed by atoms with Crippen LogP contribution in [0.1, 0.15) is 31.1 Å². The Morgan fingerprint density at radius 2 is 1.44 bits per heavy atom. The number of rotatable bonds is 6. The predicted molar refractivity (Wildman–Crippen MR) is 84.4 cm³/mol. The molecule has 0 radical (unpaired) electrons. The van der Waals surface area contributed by atoms with E-state index in [1.54, 1.807) is 0 Å². The van der Waals surface area contributed by atoms with E-state index < -0.39 is 29.4 Å². The Kier molecular flexibility index (Phi) is 5.78. The second kappa shape index (κ2) is 8.00. The molecule has 0 aliphatic rings. The van der Waals surface area contributed by atoms with Crippen LogP contribution in [0, 0.1) is 11.6 Å². The van der Waals surface area contributed by atoms with Gasteiger partial charge in [0, 0.05) is 18.7 Å². The maximum atomic E-state index is 13.1. The number of carboxylic acids is 1. The van der Waals surface area contributed by atoms with E-state index in [0.29, 0.717) is 0 Å². The fourth-order valence-corrected chi connectivity index (χ4v) is 2.05. The van der Waals surface area contributed by atoms with Crippen LogP contribution in [0.4, 0.5) is 8.78 Å². The number of carboxylic acid groups (broad SMARTS) is 1. The molecule has 2 amide bonds. The van der Waals surface area contributed by atoms with Crippen molar-refractivity contribution < 1.29 is 28.3 Å². The molecule has 0 spiro atoms. The van der Waals surface area contributed by atoms with Crippen molar-refractivity contribution in [2.45, 2.75) is 0 Å². The summed E-state index contributed by atoms with van der Waals surface area (Å²) in [6.45, 7) is 0.0566. The molecule has 0 saturated heterocycles. The highest BCUT2D eigenvalue weighted by Gasteiger charge is 2.15. The van der Waals surface area contributed by atoms with Gasteiger partial charge in [0.25, 0.3) is 11.8 Å². The van der Waals surface area contributed by atoms with Crippen LogP contribution < -0.4 is 10.6 Å². The van der Waals surface area contributed by atoms with Crippen LogP contribution in [0.5, 0.6) is 0 Å². The van der Waals surface area contributed by atoms with Crippen molar-refractivity contribution in [1.29, 1.82) is 0 Å². The highest BCUT2D eigenvalue weighted by molar-refractivity contribution is 6.04. The van der Waals surface area contributed by atoms with Gasteiger partial charge in [0.05, 0.1) is 11.1 Å². The molecule has 130 valence electrons. The van der Waals surface area contributed by atoms with E-state index in [1.165, 1.54) is 24.3 Å². The molecular formula is C17H14F2N2O4. The molecule has 3 N–H and O–H groups in total. The van der Waals surface area contributed by atoms with Gasteiger partial charge in [-0.05, 0) is 30.3 Å². The second-order valence-corrected chi connectivity index (χ2v) is 4.99. The molecule has 8 heteroatoms. The lowest BCUT2D eigenvalue weighted by molar-refractivity contribution is 0.0691. The first kappa shape index (κ1) is 18.1. The quantitative estimate of drug-likeness (QED) is 0.694. The zero-order valence-corrected chi connectivity index (χ0v) is 12.9. The molecule has 0 atom stereocenters. The molecule has 25 heavy (non-hydrogen) atoms. The molecule has 2 aromatic rings. The zero-order chi connectivity index (χ0) is 18.4. The van der Waals surface area contributed by atoms with Crippen molar-refractivity contribution in [1.82, 2.24) is 10.6 Å². The smallest absolute Gasteiger partial charge is 0.336 e. The molecule has 0 unspecified atom stereocenters. The van der Waals surface area contributed by atoms with Crippen molar-refractivity contribution in [2.24, 2.45) is 0 Å². The maximum Gasteiger partial charge on any atom is 0.336 e. The Bertz CT molecular complexity index is 824. The summed E-state index contributed by atoms with van der Waals surface area (Å²) in [5.74, 6) is -4.64. The first-order valence-corrected chi connectivity index (χ1v) is 7.24. The van der Waals surface area contributed by atoms with Crippen LogP contribution in [0.25, 0.3) is 0 Å². The third-order valence-corrected chi connectivity index (χ3v) is 3.28. The number of halogens is 2. The Labute approximate surface area is 141 Å². The minimum Gasteiger partial charge on any atom is -0.478 e. The summed E-state index contributed by atoms with van der Waals surface area (Å²) in [5, 5.41) is 13.9. The highest BCUT2D eigenvalue weighted by atomic mass is 19.2. The topological polar surface area (TPSA) is 95.5 Å². The lowest BCUT2D eigenvalue weighted by atomic mass is 10.1. The first-order valence-electron chi connectivity index (χ1n) is 7.24. The van der Waals surface area contributed by atoms with E-state index in [9.17, 15) is 23.2 Å². The average molecular weight is 348 g/mol. The van der Waals surface area contributed by atoms with Crippen LogP contribution in [0.2, 0.25) is 0 Å². The molecule has 6 nitrogen and oxygen atoms in total. The van der Waals surface area contributed by atoms with Crippen molar-refractivity contribution in [2.75, 3.05) is 13.1 Å². The number of hydrogen-bond donors (Lipinski definition) is 3. The molecular weight excluding hydrogens is 334 g/mol. The van der Waals surface area contributed by atoms with Crippen LogP contribution in [0.15, 0.2) is 42.5 Å². The predicted octanol–water partition coefficient (Wildman–Crippen LogP) is 1.82. The van der Waals surface area contributed by atoms with E-state index in [-0.39, 0.29) is 29.8 Å². The van der Waals surface area contributed by atoms with E-state index in [2.05, 4.69) is 10.6 Å². The third-order valence-electron chi connectivity index (χ3n) is 3.28. The molecule has 2 aromatic carbocycles. The Balaban J connectivity index is 1.87. The molecule has 0 aliphatic carbocycles. The number of carbonyl (C=O) groups is 3. The normalized spacial score (nSPS) is 10.2. The molecule has 0 heterocycles. The van der Waals surface area contributed by atoms with Gasteiger partial charge in [0.1, 0.15) is 0 Å². The fourth-order valence-electron chi connectivity index (χ4n) is 2.05.